The molecule has 0 amide bonds. The highest BCUT2D eigenvalue weighted by atomic mass is 79.9. The third-order valence-corrected chi connectivity index (χ3v) is 4.43. The van der Waals surface area contributed by atoms with Crippen molar-refractivity contribution in [3.8, 4) is 11.4 Å². The van der Waals surface area contributed by atoms with Crippen molar-refractivity contribution < 1.29 is 0 Å². The van der Waals surface area contributed by atoms with Crippen LogP contribution >= 0.6 is 15.9 Å². The number of H-pyrrole nitrogens is 1. The molecule has 3 rings (SSSR count). The highest BCUT2D eigenvalue weighted by Crippen LogP contribution is 2.27. The Morgan fingerprint density at radius 3 is 3.05 bits per heavy atom. The average Bonchev–Trinajstić information content (AvgIpc) is 2.97. The normalized spacial score (nSPS) is 19.3. The predicted molar refractivity (Wildman–Crippen MR) is 83.5 cm³/mol. The summed E-state index contributed by atoms with van der Waals surface area (Å²) in [6.07, 6.45) is 2.36. The third-order valence-electron chi connectivity index (χ3n) is 3.74. The van der Waals surface area contributed by atoms with E-state index in [1.165, 1.54) is 6.42 Å². The van der Waals surface area contributed by atoms with Crippen molar-refractivity contribution in [3.05, 3.63) is 28.7 Å². The second-order valence-corrected chi connectivity index (χ2v) is 6.01. The number of nitrogens with zero attached hydrogens (tertiary/aromatic N) is 3. The Kier molecular flexibility index (Phi) is 4.03. The molecule has 0 spiro atoms. The van der Waals surface area contributed by atoms with Crippen molar-refractivity contribution >= 4 is 21.9 Å². The molecule has 1 saturated heterocycles. The molecule has 2 heterocycles. The molecular weight excluding hydrogens is 318 g/mol. The number of piperidine rings is 1. The van der Waals surface area contributed by atoms with E-state index in [1.807, 2.05) is 24.3 Å². The number of benzene rings is 1. The summed E-state index contributed by atoms with van der Waals surface area (Å²) in [7, 11) is 0. The average molecular weight is 336 g/mol. The Morgan fingerprint density at radius 2 is 2.25 bits per heavy atom. The van der Waals surface area contributed by atoms with E-state index in [0.717, 1.165) is 47.9 Å². The molecule has 1 aromatic carbocycles. The summed E-state index contributed by atoms with van der Waals surface area (Å²) in [6, 6.07) is 8.01. The molecule has 1 aliphatic rings. The van der Waals surface area contributed by atoms with Crippen molar-refractivity contribution in [3.63, 3.8) is 0 Å². The second-order valence-electron chi connectivity index (χ2n) is 5.15. The molecule has 0 radical (unpaired) electrons. The molecule has 0 bridgehead atoms. The number of anilines is 1. The van der Waals surface area contributed by atoms with Gasteiger partial charge in [0.2, 0.25) is 5.95 Å². The monoisotopic (exact) mass is 335 g/mol. The number of aromatic amines is 1. The van der Waals surface area contributed by atoms with Gasteiger partial charge in [0.1, 0.15) is 0 Å². The summed E-state index contributed by atoms with van der Waals surface area (Å²) in [4.78, 5) is 6.84. The number of hydrogen-bond acceptors (Lipinski definition) is 4. The van der Waals surface area contributed by atoms with Gasteiger partial charge in [0, 0.05) is 23.1 Å². The lowest BCUT2D eigenvalue weighted by Gasteiger charge is -2.31. The molecule has 0 saturated carbocycles. The zero-order valence-electron chi connectivity index (χ0n) is 11.2. The summed E-state index contributed by atoms with van der Waals surface area (Å²) < 4.78 is 1.01. The third kappa shape index (κ3) is 2.71. The Morgan fingerprint density at radius 1 is 1.40 bits per heavy atom. The summed E-state index contributed by atoms with van der Waals surface area (Å²) in [6.45, 7) is 2.69. The highest BCUT2D eigenvalue weighted by molar-refractivity contribution is 9.10. The van der Waals surface area contributed by atoms with Gasteiger partial charge in [-0.1, -0.05) is 34.1 Å². The van der Waals surface area contributed by atoms with Crippen LogP contribution in [0.4, 0.5) is 5.95 Å². The van der Waals surface area contributed by atoms with Crippen LogP contribution in [0.15, 0.2) is 28.7 Å². The number of rotatable bonds is 3. The summed E-state index contributed by atoms with van der Waals surface area (Å²) in [5.41, 5.74) is 6.80. The first-order valence-corrected chi connectivity index (χ1v) is 7.69. The van der Waals surface area contributed by atoms with E-state index in [0.29, 0.717) is 5.92 Å². The quantitative estimate of drug-likeness (QED) is 0.903. The molecular formula is C14H18BrN5. The Balaban J connectivity index is 1.82. The van der Waals surface area contributed by atoms with Gasteiger partial charge in [0.25, 0.3) is 0 Å². The molecule has 1 atom stereocenters. The maximum absolute atomic E-state index is 5.78. The summed E-state index contributed by atoms with van der Waals surface area (Å²) >= 11 is 3.54. The van der Waals surface area contributed by atoms with Gasteiger partial charge in [-0.15, -0.1) is 5.10 Å². The van der Waals surface area contributed by atoms with E-state index in [2.05, 4.69) is 36.0 Å². The van der Waals surface area contributed by atoms with Gasteiger partial charge >= 0.3 is 0 Å². The van der Waals surface area contributed by atoms with Gasteiger partial charge in [-0.2, -0.15) is 4.98 Å². The van der Waals surface area contributed by atoms with Gasteiger partial charge in [0.15, 0.2) is 5.82 Å². The predicted octanol–water partition coefficient (Wildman–Crippen LogP) is 2.41. The number of hydrogen-bond donors (Lipinski definition) is 2. The summed E-state index contributed by atoms with van der Waals surface area (Å²) in [5, 5.41) is 7.38. The van der Waals surface area contributed by atoms with Crippen LogP contribution in [-0.2, 0) is 0 Å². The van der Waals surface area contributed by atoms with Crippen LogP contribution in [0, 0.1) is 5.92 Å². The van der Waals surface area contributed by atoms with Crippen LogP contribution in [0.1, 0.15) is 12.8 Å². The van der Waals surface area contributed by atoms with E-state index in [1.54, 1.807) is 0 Å². The largest absolute Gasteiger partial charge is 0.339 e. The van der Waals surface area contributed by atoms with Crippen LogP contribution < -0.4 is 10.6 Å². The van der Waals surface area contributed by atoms with Crippen LogP contribution in [0.2, 0.25) is 0 Å². The molecule has 5 nitrogen and oxygen atoms in total. The van der Waals surface area contributed by atoms with Crippen LogP contribution in [0.25, 0.3) is 11.4 Å². The molecule has 1 fully saturated rings. The van der Waals surface area contributed by atoms with Crippen molar-refractivity contribution in [2.24, 2.45) is 11.7 Å². The smallest absolute Gasteiger partial charge is 0.245 e. The first kappa shape index (κ1) is 13.6. The minimum atomic E-state index is 0.550. The van der Waals surface area contributed by atoms with Crippen molar-refractivity contribution in [1.82, 2.24) is 15.2 Å². The van der Waals surface area contributed by atoms with Gasteiger partial charge in [-0.3, -0.25) is 5.10 Å². The lowest BCUT2D eigenvalue weighted by atomic mass is 9.99. The van der Waals surface area contributed by atoms with E-state index < -0.39 is 0 Å². The Bertz CT molecular complexity index is 582. The molecule has 106 valence electrons. The first-order chi connectivity index (χ1) is 9.78. The fraction of sp³-hybridized carbons (Fsp3) is 0.429. The van der Waals surface area contributed by atoms with Crippen molar-refractivity contribution in [2.45, 2.75) is 12.8 Å². The topological polar surface area (TPSA) is 70.8 Å². The molecule has 1 unspecified atom stereocenters. The Labute approximate surface area is 126 Å². The maximum atomic E-state index is 5.78. The number of aromatic nitrogens is 3. The highest BCUT2D eigenvalue weighted by Gasteiger charge is 2.22. The molecule has 1 aromatic heterocycles. The van der Waals surface area contributed by atoms with E-state index in [9.17, 15) is 0 Å². The zero-order valence-corrected chi connectivity index (χ0v) is 12.8. The van der Waals surface area contributed by atoms with Gasteiger partial charge < -0.3 is 10.6 Å². The fourth-order valence-electron chi connectivity index (χ4n) is 2.61. The van der Waals surface area contributed by atoms with Crippen LogP contribution in [0.5, 0.6) is 0 Å². The molecule has 1 aliphatic heterocycles. The van der Waals surface area contributed by atoms with E-state index in [-0.39, 0.29) is 0 Å². The molecule has 3 N–H and O–H groups in total. The second kappa shape index (κ2) is 5.93. The summed E-state index contributed by atoms with van der Waals surface area (Å²) in [5.74, 6) is 2.12. The lowest BCUT2D eigenvalue weighted by molar-refractivity contribution is 0.420. The number of halogens is 1. The maximum Gasteiger partial charge on any atom is 0.245 e. The van der Waals surface area contributed by atoms with Crippen LogP contribution in [0.3, 0.4) is 0 Å². The SMILES string of the molecule is NCC1CCCN(c2n[nH]c(-c3ccccc3Br)n2)C1. The number of nitrogens with one attached hydrogen (secondary N) is 1. The van der Waals surface area contributed by atoms with E-state index >= 15 is 0 Å². The molecule has 2 aromatic rings. The zero-order chi connectivity index (χ0) is 13.9. The lowest BCUT2D eigenvalue weighted by Crippen LogP contribution is -2.38. The molecule has 0 aliphatic carbocycles. The minimum absolute atomic E-state index is 0.550. The fourth-order valence-corrected chi connectivity index (χ4v) is 3.08. The first-order valence-electron chi connectivity index (χ1n) is 6.90. The van der Waals surface area contributed by atoms with Gasteiger partial charge in [0.05, 0.1) is 0 Å². The van der Waals surface area contributed by atoms with E-state index in [4.69, 9.17) is 5.73 Å². The van der Waals surface area contributed by atoms with Gasteiger partial charge in [-0.05, 0) is 31.4 Å². The molecule has 20 heavy (non-hydrogen) atoms. The Hall–Kier alpha value is -1.40. The minimum Gasteiger partial charge on any atom is -0.339 e. The van der Waals surface area contributed by atoms with Gasteiger partial charge in [-0.25, -0.2) is 0 Å². The standard InChI is InChI=1S/C14H18BrN5/c15-12-6-2-1-5-11(12)13-17-14(19-18-13)20-7-3-4-10(8-16)9-20/h1-2,5-6,10H,3-4,7-9,16H2,(H,17,18,19). The van der Waals surface area contributed by atoms with Crippen molar-refractivity contribution in [1.29, 1.82) is 0 Å². The number of nitrogens with two attached hydrogens (primary N) is 1. The van der Waals surface area contributed by atoms with Crippen molar-refractivity contribution in [2.75, 3.05) is 24.5 Å². The van der Waals surface area contributed by atoms with Crippen LogP contribution in [-0.4, -0.2) is 34.8 Å². The molecule has 6 heteroatoms.